The van der Waals surface area contributed by atoms with Gasteiger partial charge in [0.05, 0.1) is 16.8 Å². The lowest BCUT2D eigenvalue weighted by molar-refractivity contribution is 0.0232. The molecule has 8 rings (SSSR count). The SMILES string of the molecule is Cc1c(C2(c3c(-c4ccccc4)c(-c4ccccc4)c4ccccn34)OC(=O)c3cccnc32)c2ccccc2n1C. The molecule has 0 bridgehead atoms. The molecule has 0 N–H and O–H groups in total. The first-order valence-electron chi connectivity index (χ1n) is 14.1. The molecule has 0 amide bonds. The molecule has 42 heavy (non-hydrogen) atoms. The van der Waals surface area contributed by atoms with Crippen molar-refractivity contribution in [3.8, 4) is 22.3 Å². The molecule has 5 heteroatoms. The summed E-state index contributed by atoms with van der Waals surface area (Å²) in [7, 11) is 2.06. The van der Waals surface area contributed by atoms with E-state index in [4.69, 9.17) is 9.72 Å². The molecule has 0 saturated carbocycles. The summed E-state index contributed by atoms with van der Waals surface area (Å²) < 4.78 is 11.2. The summed E-state index contributed by atoms with van der Waals surface area (Å²) in [5.74, 6) is -0.378. The van der Waals surface area contributed by atoms with Gasteiger partial charge in [-0.05, 0) is 48.4 Å². The van der Waals surface area contributed by atoms with Gasteiger partial charge in [-0.15, -0.1) is 0 Å². The van der Waals surface area contributed by atoms with Gasteiger partial charge < -0.3 is 13.7 Å². The third-order valence-corrected chi connectivity index (χ3v) is 8.66. The predicted molar refractivity (Wildman–Crippen MR) is 165 cm³/mol. The first kappa shape index (κ1) is 24.4. The largest absolute Gasteiger partial charge is 0.437 e. The van der Waals surface area contributed by atoms with E-state index in [-0.39, 0.29) is 5.97 Å². The maximum absolute atomic E-state index is 13.9. The van der Waals surface area contributed by atoms with Gasteiger partial charge in [0.2, 0.25) is 5.60 Å². The Morgan fingerprint density at radius 2 is 1.36 bits per heavy atom. The lowest BCUT2D eigenvalue weighted by atomic mass is 9.80. The van der Waals surface area contributed by atoms with Crippen LogP contribution < -0.4 is 0 Å². The fourth-order valence-electron chi connectivity index (χ4n) is 6.84. The van der Waals surface area contributed by atoms with Gasteiger partial charge in [-0.3, -0.25) is 4.98 Å². The topological polar surface area (TPSA) is 48.5 Å². The number of pyridine rings is 2. The van der Waals surface area contributed by atoms with Crippen molar-refractivity contribution >= 4 is 22.4 Å². The molecule has 7 aromatic rings. The average Bonchev–Trinajstić information content (AvgIpc) is 3.64. The van der Waals surface area contributed by atoms with Crippen molar-refractivity contribution in [2.24, 2.45) is 7.05 Å². The Balaban J connectivity index is 1.64. The minimum absolute atomic E-state index is 0.378. The van der Waals surface area contributed by atoms with Crippen LogP contribution in [0.1, 0.15) is 33.0 Å². The number of esters is 1. The Hall–Kier alpha value is -5.42. The highest BCUT2D eigenvalue weighted by molar-refractivity contribution is 6.02. The third kappa shape index (κ3) is 3.19. The molecular formula is C37H27N3O2. The molecule has 1 unspecified atom stereocenters. The molecule has 4 aromatic heterocycles. The van der Waals surface area contributed by atoms with Gasteiger partial charge in [-0.1, -0.05) is 84.9 Å². The Labute approximate surface area is 243 Å². The molecule has 1 aliphatic heterocycles. The van der Waals surface area contributed by atoms with Crippen LogP contribution in [0.5, 0.6) is 0 Å². The number of para-hydroxylation sites is 1. The molecule has 3 aromatic carbocycles. The van der Waals surface area contributed by atoms with Gasteiger partial charge in [0.25, 0.3) is 0 Å². The van der Waals surface area contributed by atoms with E-state index >= 15 is 0 Å². The maximum Gasteiger partial charge on any atom is 0.341 e. The van der Waals surface area contributed by atoms with E-state index in [0.29, 0.717) is 11.3 Å². The van der Waals surface area contributed by atoms with Crippen LogP contribution in [0.3, 0.4) is 0 Å². The third-order valence-electron chi connectivity index (χ3n) is 8.66. The summed E-state index contributed by atoms with van der Waals surface area (Å²) in [4.78, 5) is 18.8. The monoisotopic (exact) mass is 545 g/mol. The van der Waals surface area contributed by atoms with E-state index in [0.717, 1.165) is 55.6 Å². The lowest BCUT2D eigenvalue weighted by Gasteiger charge is -2.31. The van der Waals surface area contributed by atoms with E-state index in [1.165, 1.54) is 0 Å². The van der Waals surface area contributed by atoms with Gasteiger partial charge in [0, 0.05) is 52.7 Å². The second kappa shape index (κ2) is 9.05. The Morgan fingerprint density at radius 3 is 2.12 bits per heavy atom. The van der Waals surface area contributed by atoms with Crippen molar-refractivity contribution in [2.75, 3.05) is 0 Å². The van der Waals surface area contributed by atoms with Gasteiger partial charge >= 0.3 is 5.97 Å². The van der Waals surface area contributed by atoms with Gasteiger partial charge in [-0.25, -0.2) is 4.79 Å². The Kier molecular flexibility index (Phi) is 5.25. The molecule has 5 nitrogen and oxygen atoms in total. The van der Waals surface area contributed by atoms with Crippen LogP contribution in [0.4, 0.5) is 0 Å². The minimum atomic E-state index is -1.32. The zero-order chi connectivity index (χ0) is 28.4. The van der Waals surface area contributed by atoms with Crippen LogP contribution in [0, 0.1) is 6.92 Å². The van der Waals surface area contributed by atoms with Crippen molar-refractivity contribution in [1.82, 2.24) is 14.0 Å². The molecule has 0 radical (unpaired) electrons. The number of nitrogens with zero attached hydrogens (tertiary/aromatic N) is 3. The molecule has 0 saturated heterocycles. The van der Waals surface area contributed by atoms with E-state index in [1.807, 2.05) is 36.4 Å². The average molecular weight is 546 g/mol. The second-order valence-corrected chi connectivity index (χ2v) is 10.8. The number of cyclic esters (lactones) is 1. The van der Waals surface area contributed by atoms with Gasteiger partial charge in [0.15, 0.2) is 0 Å². The number of ether oxygens (including phenoxy) is 1. The molecule has 1 aliphatic rings. The van der Waals surface area contributed by atoms with Crippen LogP contribution in [0.15, 0.2) is 128 Å². The van der Waals surface area contributed by atoms with Crippen molar-refractivity contribution in [3.63, 3.8) is 0 Å². The number of aryl methyl sites for hydroxylation is 1. The lowest BCUT2D eigenvalue weighted by Crippen LogP contribution is -2.33. The standard InChI is InChI=1S/C37H27N3O2/c1-24-33(27-18-9-10-20-29(27)39(24)2)37(34-28(36(41)42-37)19-13-22-38-34)35-32(26-16-7-4-8-17-26)31(25-14-5-3-6-15-25)30-21-11-12-23-40(30)35/h3-23H,1-2H3. The smallest absolute Gasteiger partial charge is 0.341 e. The van der Waals surface area contributed by atoms with Gasteiger partial charge in [0.1, 0.15) is 5.69 Å². The summed E-state index contributed by atoms with van der Waals surface area (Å²) in [5.41, 5.74) is 8.85. The maximum atomic E-state index is 13.9. The van der Waals surface area contributed by atoms with Gasteiger partial charge in [-0.2, -0.15) is 0 Å². The van der Waals surface area contributed by atoms with Crippen LogP contribution in [0.25, 0.3) is 38.7 Å². The molecule has 0 spiro atoms. The van der Waals surface area contributed by atoms with E-state index in [1.54, 1.807) is 12.3 Å². The number of rotatable bonds is 4. The fraction of sp³-hybridized carbons (Fsp3) is 0.0811. The number of fused-ring (bicyclic) bond motifs is 3. The first-order valence-corrected chi connectivity index (χ1v) is 14.1. The summed E-state index contributed by atoms with van der Waals surface area (Å²) in [6.07, 6.45) is 3.83. The Bertz CT molecular complexity index is 2160. The minimum Gasteiger partial charge on any atom is -0.437 e. The molecule has 5 heterocycles. The summed E-state index contributed by atoms with van der Waals surface area (Å²) in [6, 6.07) is 39.0. The zero-order valence-electron chi connectivity index (χ0n) is 23.3. The van der Waals surface area contributed by atoms with Crippen molar-refractivity contribution < 1.29 is 9.53 Å². The summed E-state index contributed by atoms with van der Waals surface area (Å²) in [5, 5.41) is 1.02. The molecule has 0 fully saturated rings. The number of carbonyl (C=O) groups excluding carboxylic acids is 1. The van der Waals surface area contributed by atoms with Crippen LogP contribution >= 0.6 is 0 Å². The Morgan fingerprint density at radius 1 is 0.714 bits per heavy atom. The fourth-order valence-corrected chi connectivity index (χ4v) is 6.84. The van der Waals surface area contributed by atoms with E-state index in [9.17, 15) is 4.79 Å². The van der Waals surface area contributed by atoms with Crippen LogP contribution in [0.2, 0.25) is 0 Å². The molecular weight excluding hydrogens is 518 g/mol. The highest BCUT2D eigenvalue weighted by atomic mass is 16.6. The van der Waals surface area contributed by atoms with Crippen molar-refractivity contribution in [2.45, 2.75) is 12.5 Å². The normalized spacial score (nSPS) is 16.2. The number of hydrogen-bond donors (Lipinski definition) is 0. The highest BCUT2D eigenvalue weighted by Crippen LogP contribution is 2.55. The van der Waals surface area contributed by atoms with E-state index < -0.39 is 5.60 Å². The number of carbonyl (C=O) groups is 1. The highest BCUT2D eigenvalue weighted by Gasteiger charge is 2.55. The van der Waals surface area contributed by atoms with Crippen LogP contribution in [-0.4, -0.2) is 19.9 Å². The number of benzene rings is 3. The summed E-state index contributed by atoms with van der Waals surface area (Å²) >= 11 is 0. The zero-order valence-corrected chi connectivity index (χ0v) is 23.3. The molecule has 0 aliphatic carbocycles. The molecule has 1 atom stereocenters. The van der Waals surface area contributed by atoms with Crippen LogP contribution in [-0.2, 0) is 17.4 Å². The predicted octanol–water partition coefficient (Wildman–Crippen LogP) is 7.93. The van der Waals surface area contributed by atoms with E-state index in [2.05, 4.69) is 102 Å². The van der Waals surface area contributed by atoms with Crippen molar-refractivity contribution in [1.29, 1.82) is 0 Å². The number of hydrogen-bond acceptors (Lipinski definition) is 3. The quantitative estimate of drug-likeness (QED) is 0.211. The first-order chi connectivity index (χ1) is 20.6. The second-order valence-electron chi connectivity index (χ2n) is 10.8. The van der Waals surface area contributed by atoms with Crippen molar-refractivity contribution in [3.05, 3.63) is 156 Å². The summed E-state index contributed by atoms with van der Waals surface area (Å²) in [6.45, 7) is 2.10. The number of aromatic nitrogens is 3. The molecule has 202 valence electrons.